The van der Waals surface area contributed by atoms with Crippen LogP contribution in [0.4, 0.5) is 0 Å². The molecule has 1 unspecified atom stereocenters. The van der Waals surface area contributed by atoms with E-state index >= 15 is 0 Å². The summed E-state index contributed by atoms with van der Waals surface area (Å²) in [7, 11) is 0. The molecule has 0 aliphatic rings. The number of aromatic nitrogens is 2. The van der Waals surface area contributed by atoms with E-state index in [1.165, 1.54) is 11.3 Å². The number of hydrogen-bond donors (Lipinski definition) is 1. The van der Waals surface area contributed by atoms with Crippen molar-refractivity contribution >= 4 is 17.3 Å². The number of carbonyl (C=O) groups is 1. The van der Waals surface area contributed by atoms with Gasteiger partial charge in [0.2, 0.25) is 0 Å². The van der Waals surface area contributed by atoms with E-state index in [-0.39, 0.29) is 5.92 Å². The third kappa shape index (κ3) is 2.34. The summed E-state index contributed by atoms with van der Waals surface area (Å²) >= 11 is 1.24. The molecule has 5 heteroatoms. The lowest BCUT2D eigenvalue weighted by atomic mass is 10.0. The minimum Gasteiger partial charge on any atom is -0.477 e. The molecule has 1 N–H and O–H groups in total. The Balaban J connectivity index is 2.35. The molecule has 0 spiro atoms. The molecule has 0 fully saturated rings. The second-order valence-electron chi connectivity index (χ2n) is 3.77. The minimum atomic E-state index is -0.909. The predicted octanol–water partition coefficient (Wildman–Crippen LogP) is 2.70. The maximum absolute atomic E-state index is 11.0. The van der Waals surface area contributed by atoms with Crippen LogP contribution in [0, 0.1) is 6.92 Å². The van der Waals surface area contributed by atoms with E-state index in [1.54, 1.807) is 19.3 Å². The summed E-state index contributed by atoms with van der Waals surface area (Å²) in [5.74, 6) is -0.817. The summed E-state index contributed by atoms with van der Waals surface area (Å²) in [5, 5.41) is 9.82. The average Bonchev–Trinajstić information content (AvgIpc) is 2.71. The smallest absolute Gasteiger partial charge is 0.347 e. The summed E-state index contributed by atoms with van der Waals surface area (Å²) in [5.41, 5.74) is 1.67. The summed E-state index contributed by atoms with van der Waals surface area (Å²) in [6.45, 7) is 3.74. The van der Waals surface area contributed by atoms with Crippen LogP contribution in [-0.2, 0) is 0 Å². The molecule has 1 atom stereocenters. The molecule has 2 aromatic rings. The van der Waals surface area contributed by atoms with Crippen LogP contribution in [0.2, 0.25) is 0 Å². The first kappa shape index (κ1) is 11.7. The maximum Gasteiger partial charge on any atom is 0.347 e. The number of rotatable bonds is 3. The fourth-order valence-electron chi connectivity index (χ4n) is 1.60. The molecule has 0 saturated heterocycles. The van der Waals surface area contributed by atoms with Crippen LogP contribution in [-0.4, -0.2) is 21.0 Å². The number of thiazole rings is 1. The molecular weight excluding hydrogens is 236 g/mol. The first-order valence-corrected chi connectivity index (χ1v) is 6.01. The highest BCUT2D eigenvalue weighted by Gasteiger charge is 2.18. The minimum absolute atomic E-state index is 0.0924. The van der Waals surface area contributed by atoms with Crippen LogP contribution in [0.25, 0.3) is 0 Å². The zero-order valence-electron chi connectivity index (χ0n) is 9.54. The highest BCUT2D eigenvalue weighted by Crippen LogP contribution is 2.29. The van der Waals surface area contributed by atoms with E-state index in [2.05, 4.69) is 9.97 Å². The maximum atomic E-state index is 11.0. The Hall–Kier alpha value is -1.75. The molecule has 4 nitrogen and oxygen atoms in total. The molecule has 88 valence electrons. The normalized spacial score (nSPS) is 12.4. The number of pyridine rings is 1. The molecule has 0 amide bonds. The number of hydrogen-bond acceptors (Lipinski definition) is 4. The van der Waals surface area contributed by atoms with E-state index in [0.717, 1.165) is 10.6 Å². The van der Waals surface area contributed by atoms with Crippen LogP contribution >= 0.6 is 11.3 Å². The Labute approximate surface area is 103 Å². The van der Waals surface area contributed by atoms with E-state index in [1.807, 2.05) is 19.1 Å². The van der Waals surface area contributed by atoms with Crippen LogP contribution in [0.5, 0.6) is 0 Å². The van der Waals surface area contributed by atoms with Gasteiger partial charge in [0.05, 0.1) is 5.69 Å². The third-order valence-electron chi connectivity index (χ3n) is 2.58. The number of carboxylic acid groups (broad SMARTS) is 1. The van der Waals surface area contributed by atoms with Gasteiger partial charge in [0, 0.05) is 18.3 Å². The quantitative estimate of drug-likeness (QED) is 0.907. The van der Waals surface area contributed by atoms with Gasteiger partial charge in [0.25, 0.3) is 0 Å². The predicted molar refractivity (Wildman–Crippen MR) is 65.6 cm³/mol. The molecular formula is C12H12N2O2S. The van der Waals surface area contributed by atoms with E-state index in [9.17, 15) is 4.79 Å². The fourth-order valence-corrected chi connectivity index (χ4v) is 2.58. The topological polar surface area (TPSA) is 63.1 Å². The van der Waals surface area contributed by atoms with E-state index < -0.39 is 5.97 Å². The van der Waals surface area contributed by atoms with Crippen molar-refractivity contribution in [2.45, 2.75) is 19.8 Å². The van der Waals surface area contributed by atoms with Gasteiger partial charge in [-0.25, -0.2) is 9.78 Å². The lowest BCUT2D eigenvalue weighted by Gasteiger charge is -2.07. The molecule has 2 rings (SSSR count). The average molecular weight is 248 g/mol. The highest BCUT2D eigenvalue weighted by molar-refractivity contribution is 7.13. The van der Waals surface area contributed by atoms with Crippen molar-refractivity contribution in [2.75, 3.05) is 0 Å². The number of aryl methyl sites for hydroxylation is 1. The molecule has 0 bridgehead atoms. The SMILES string of the molecule is Cc1nc(C(C)c2ccncc2)sc1C(=O)O. The summed E-state index contributed by atoms with van der Waals surface area (Å²) in [6, 6.07) is 3.84. The fraction of sp³-hybridized carbons (Fsp3) is 0.250. The van der Waals surface area contributed by atoms with Crippen molar-refractivity contribution in [3.63, 3.8) is 0 Å². The van der Waals surface area contributed by atoms with Gasteiger partial charge in [-0.2, -0.15) is 0 Å². The van der Waals surface area contributed by atoms with Crippen LogP contribution in [0.1, 0.15) is 38.8 Å². The molecule has 17 heavy (non-hydrogen) atoms. The molecule has 0 aliphatic carbocycles. The second kappa shape index (κ2) is 4.63. The second-order valence-corrected chi connectivity index (χ2v) is 4.80. The zero-order valence-corrected chi connectivity index (χ0v) is 10.4. The summed E-state index contributed by atoms with van der Waals surface area (Å²) < 4.78 is 0. The van der Waals surface area contributed by atoms with Crippen molar-refractivity contribution in [3.8, 4) is 0 Å². The van der Waals surface area contributed by atoms with E-state index in [4.69, 9.17) is 5.11 Å². The summed E-state index contributed by atoms with van der Waals surface area (Å²) in [4.78, 5) is 19.6. The van der Waals surface area contributed by atoms with Crippen molar-refractivity contribution in [1.29, 1.82) is 0 Å². The van der Waals surface area contributed by atoms with Gasteiger partial charge in [-0.3, -0.25) is 4.98 Å². The Kier molecular flexibility index (Phi) is 3.19. The van der Waals surface area contributed by atoms with Crippen LogP contribution < -0.4 is 0 Å². The Morgan fingerprint density at radius 3 is 2.59 bits per heavy atom. The van der Waals surface area contributed by atoms with Crippen molar-refractivity contribution < 1.29 is 9.90 Å². The van der Waals surface area contributed by atoms with Crippen molar-refractivity contribution in [3.05, 3.63) is 45.7 Å². The Morgan fingerprint density at radius 1 is 1.41 bits per heavy atom. The monoisotopic (exact) mass is 248 g/mol. The molecule has 0 aromatic carbocycles. The number of aromatic carboxylic acids is 1. The standard InChI is InChI=1S/C12H12N2O2S/c1-7(9-3-5-13-6-4-9)11-14-8(2)10(17-11)12(15)16/h3-7H,1-2H3,(H,15,16). The van der Waals surface area contributed by atoms with Crippen molar-refractivity contribution in [1.82, 2.24) is 9.97 Å². The number of carboxylic acids is 1. The first-order chi connectivity index (χ1) is 8.09. The molecule has 2 heterocycles. The van der Waals surface area contributed by atoms with Crippen LogP contribution in [0.3, 0.4) is 0 Å². The van der Waals surface area contributed by atoms with Gasteiger partial charge in [-0.15, -0.1) is 11.3 Å². The number of nitrogens with zero attached hydrogens (tertiary/aromatic N) is 2. The van der Waals surface area contributed by atoms with Gasteiger partial charge in [0.15, 0.2) is 0 Å². The molecule has 0 saturated carbocycles. The molecule has 0 radical (unpaired) electrons. The van der Waals surface area contributed by atoms with Crippen molar-refractivity contribution in [2.24, 2.45) is 0 Å². The van der Waals surface area contributed by atoms with Crippen LogP contribution in [0.15, 0.2) is 24.5 Å². The van der Waals surface area contributed by atoms with Gasteiger partial charge >= 0.3 is 5.97 Å². The lowest BCUT2D eigenvalue weighted by molar-refractivity contribution is 0.0701. The molecule has 0 aliphatic heterocycles. The Morgan fingerprint density at radius 2 is 2.06 bits per heavy atom. The first-order valence-electron chi connectivity index (χ1n) is 5.20. The Bertz CT molecular complexity index is 537. The molecule has 2 aromatic heterocycles. The lowest BCUT2D eigenvalue weighted by Crippen LogP contribution is -1.95. The highest BCUT2D eigenvalue weighted by atomic mass is 32.1. The van der Waals surface area contributed by atoms with Gasteiger partial charge in [0.1, 0.15) is 9.88 Å². The van der Waals surface area contributed by atoms with Gasteiger partial charge in [-0.1, -0.05) is 6.92 Å². The van der Waals surface area contributed by atoms with Gasteiger partial charge in [-0.05, 0) is 24.6 Å². The third-order valence-corrected chi connectivity index (χ3v) is 3.91. The zero-order chi connectivity index (χ0) is 12.4. The largest absolute Gasteiger partial charge is 0.477 e. The van der Waals surface area contributed by atoms with E-state index in [0.29, 0.717) is 10.6 Å². The summed E-state index contributed by atoms with van der Waals surface area (Å²) in [6.07, 6.45) is 3.45. The van der Waals surface area contributed by atoms with Gasteiger partial charge < -0.3 is 5.11 Å².